The van der Waals surface area contributed by atoms with Crippen LogP contribution >= 0.6 is 0 Å². The number of H-pyrrole nitrogens is 1. The average molecular weight is 199 g/mol. The molecule has 2 aromatic rings. The van der Waals surface area contributed by atoms with Crippen molar-refractivity contribution in [2.24, 2.45) is 0 Å². The van der Waals surface area contributed by atoms with Crippen LogP contribution in [-0.2, 0) is 12.8 Å². The van der Waals surface area contributed by atoms with Gasteiger partial charge in [-0.15, -0.1) is 0 Å². The summed E-state index contributed by atoms with van der Waals surface area (Å²) in [4.78, 5) is 12.3. The first-order valence-electron chi connectivity index (χ1n) is 5.42. The predicted molar refractivity (Wildman–Crippen MR) is 58.5 cm³/mol. The van der Waals surface area contributed by atoms with E-state index in [9.17, 15) is 0 Å². The predicted octanol–water partition coefficient (Wildman–Crippen LogP) is 2.35. The number of rotatable bonds is 1. The van der Waals surface area contributed by atoms with E-state index in [1.807, 2.05) is 18.2 Å². The van der Waals surface area contributed by atoms with Gasteiger partial charge in [0.1, 0.15) is 5.69 Å². The van der Waals surface area contributed by atoms with Gasteiger partial charge in [0.25, 0.3) is 0 Å². The molecule has 0 saturated carbocycles. The maximum atomic E-state index is 4.60. The summed E-state index contributed by atoms with van der Waals surface area (Å²) in [5, 5.41) is 0. The largest absolute Gasteiger partial charge is 0.340 e. The molecule has 0 bridgehead atoms. The lowest BCUT2D eigenvalue weighted by atomic mass is 10.0. The van der Waals surface area contributed by atoms with Gasteiger partial charge in [0.05, 0.1) is 5.69 Å². The summed E-state index contributed by atoms with van der Waals surface area (Å²) in [6.45, 7) is 0. The fraction of sp³-hybridized carbons (Fsp3) is 0.333. The van der Waals surface area contributed by atoms with Crippen molar-refractivity contribution in [1.82, 2.24) is 15.0 Å². The third-order valence-corrected chi connectivity index (χ3v) is 2.86. The van der Waals surface area contributed by atoms with Crippen molar-refractivity contribution in [3.63, 3.8) is 0 Å². The molecule has 3 heteroatoms. The minimum Gasteiger partial charge on any atom is -0.340 e. The standard InChI is InChI=1S/C12H13N3/c1-2-6-10-9(5-1)14-12(15-10)11-7-3-4-8-13-11/h3-4,7-8H,1-2,5-6H2,(H,14,15). The Bertz CT molecular complexity index is 435. The lowest BCUT2D eigenvalue weighted by molar-refractivity contribution is 0.667. The molecule has 0 amide bonds. The summed E-state index contributed by atoms with van der Waals surface area (Å²) < 4.78 is 0. The lowest BCUT2D eigenvalue weighted by Crippen LogP contribution is -2.00. The molecule has 0 aliphatic heterocycles. The summed E-state index contributed by atoms with van der Waals surface area (Å²) in [6, 6.07) is 5.90. The van der Waals surface area contributed by atoms with Gasteiger partial charge < -0.3 is 4.98 Å². The van der Waals surface area contributed by atoms with Crippen molar-refractivity contribution in [2.75, 3.05) is 0 Å². The monoisotopic (exact) mass is 199 g/mol. The van der Waals surface area contributed by atoms with Gasteiger partial charge in [-0.3, -0.25) is 4.98 Å². The first kappa shape index (κ1) is 8.65. The van der Waals surface area contributed by atoms with Crippen LogP contribution in [0, 0.1) is 0 Å². The van der Waals surface area contributed by atoms with Crippen molar-refractivity contribution >= 4 is 0 Å². The summed E-state index contributed by atoms with van der Waals surface area (Å²) in [6.07, 6.45) is 6.58. The van der Waals surface area contributed by atoms with Crippen molar-refractivity contribution in [2.45, 2.75) is 25.7 Å². The third kappa shape index (κ3) is 1.54. The molecule has 1 aliphatic carbocycles. The van der Waals surface area contributed by atoms with Gasteiger partial charge in [0, 0.05) is 11.9 Å². The maximum absolute atomic E-state index is 4.60. The van der Waals surface area contributed by atoms with E-state index in [1.54, 1.807) is 6.20 Å². The number of imidazole rings is 1. The fourth-order valence-corrected chi connectivity index (χ4v) is 2.08. The van der Waals surface area contributed by atoms with E-state index >= 15 is 0 Å². The highest BCUT2D eigenvalue weighted by molar-refractivity contribution is 5.50. The molecule has 3 rings (SSSR count). The van der Waals surface area contributed by atoms with E-state index in [1.165, 1.54) is 24.2 Å². The molecule has 1 aliphatic rings. The van der Waals surface area contributed by atoms with E-state index in [0.29, 0.717) is 0 Å². The second kappa shape index (κ2) is 3.50. The van der Waals surface area contributed by atoms with Crippen LogP contribution in [0.5, 0.6) is 0 Å². The van der Waals surface area contributed by atoms with Gasteiger partial charge in [-0.1, -0.05) is 6.07 Å². The number of fused-ring (bicyclic) bond motifs is 1. The van der Waals surface area contributed by atoms with Crippen LogP contribution in [0.15, 0.2) is 24.4 Å². The lowest BCUT2D eigenvalue weighted by Gasteiger charge is -2.07. The molecule has 0 saturated heterocycles. The van der Waals surface area contributed by atoms with E-state index in [0.717, 1.165) is 24.4 Å². The van der Waals surface area contributed by atoms with Crippen LogP contribution in [0.1, 0.15) is 24.2 Å². The number of aryl methyl sites for hydroxylation is 2. The Morgan fingerprint density at radius 3 is 2.87 bits per heavy atom. The zero-order chi connectivity index (χ0) is 10.1. The smallest absolute Gasteiger partial charge is 0.156 e. The Morgan fingerprint density at radius 1 is 1.13 bits per heavy atom. The number of hydrogen-bond donors (Lipinski definition) is 1. The third-order valence-electron chi connectivity index (χ3n) is 2.86. The molecule has 76 valence electrons. The Morgan fingerprint density at radius 2 is 2.07 bits per heavy atom. The van der Waals surface area contributed by atoms with Crippen LogP contribution in [-0.4, -0.2) is 15.0 Å². The topological polar surface area (TPSA) is 41.6 Å². The second-order valence-electron chi connectivity index (χ2n) is 3.93. The molecule has 0 radical (unpaired) electrons. The van der Waals surface area contributed by atoms with Gasteiger partial charge in [-0.25, -0.2) is 4.98 Å². The van der Waals surface area contributed by atoms with Crippen molar-refractivity contribution < 1.29 is 0 Å². The van der Waals surface area contributed by atoms with Gasteiger partial charge in [-0.05, 0) is 37.8 Å². The van der Waals surface area contributed by atoms with E-state index < -0.39 is 0 Å². The molecule has 0 fully saturated rings. The van der Waals surface area contributed by atoms with Crippen molar-refractivity contribution in [3.8, 4) is 11.5 Å². The molecular formula is C12H13N3. The molecule has 2 aromatic heterocycles. The van der Waals surface area contributed by atoms with Gasteiger partial charge in [0.15, 0.2) is 5.82 Å². The van der Waals surface area contributed by atoms with Crippen LogP contribution in [0.25, 0.3) is 11.5 Å². The van der Waals surface area contributed by atoms with Gasteiger partial charge >= 0.3 is 0 Å². The highest BCUT2D eigenvalue weighted by Crippen LogP contribution is 2.22. The molecule has 15 heavy (non-hydrogen) atoms. The van der Waals surface area contributed by atoms with E-state index in [2.05, 4.69) is 15.0 Å². The minimum atomic E-state index is 0.919. The number of hydrogen-bond acceptors (Lipinski definition) is 2. The zero-order valence-corrected chi connectivity index (χ0v) is 8.53. The number of aromatic amines is 1. The Labute approximate surface area is 88.6 Å². The SMILES string of the molecule is c1ccc(-c2nc3c([nH]2)CCCC3)nc1. The second-order valence-corrected chi connectivity index (χ2v) is 3.93. The number of aromatic nitrogens is 3. The normalized spacial score (nSPS) is 14.9. The van der Waals surface area contributed by atoms with E-state index in [4.69, 9.17) is 0 Å². The van der Waals surface area contributed by atoms with Crippen LogP contribution < -0.4 is 0 Å². The molecule has 3 nitrogen and oxygen atoms in total. The Kier molecular flexibility index (Phi) is 2.02. The Balaban J connectivity index is 2.03. The highest BCUT2D eigenvalue weighted by Gasteiger charge is 2.15. The van der Waals surface area contributed by atoms with E-state index in [-0.39, 0.29) is 0 Å². The molecule has 0 atom stereocenters. The average Bonchev–Trinajstić information content (AvgIpc) is 2.74. The summed E-state index contributed by atoms with van der Waals surface area (Å²) in [7, 11) is 0. The Hall–Kier alpha value is -1.64. The fourth-order valence-electron chi connectivity index (χ4n) is 2.08. The molecule has 1 N–H and O–H groups in total. The first-order chi connectivity index (χ1) is 7.43. The van der Waals surface area contributed by atoms with Crippen LogP contribution in [0.4, 0.5) is 0 Å². The maximum Gasteiger partial charge on any atom is 0.156 e. The highest BCUT2D eigenvalue weighted by atomic mass is 15.0. The number of nitrogens with zero attached hydrogens (tertiary/aromatic N) is 2. The van der Waals surface area contributed by atoms with Gasteiger partial charge in [-0.2, -0.15) is 0 Å². The van der Waals surface area contributed by atoms with Crippen molar-refractivity contribution in [3.05, 3.63) is 35.8 Å². The molecule has 0 unspecified atom stereocenters. The van der Waals surface area contributed by atoms with Crippen molar-refractivity contribution in [1.29, 1.82) is 0 Å². The summed E-state index contributed by atoms with van der Waals surface area (Å²) >= 11 is 0. The first-order valence-corrected chi connectivity index (χ1v) is 5.42. The zero-order valence-electron chi connectivity index (χ0n) is 8.53. The molecule has 0 aromatic carbocycles. The molecular weight excluding hydrogens is 186 g/mol. The minimum absolute atomic E-state index is 0.919. The molecule has 0 spiro atoms. The number of pyridine rings is 1. The van der Waals surface area contributed by atoms with Gasteiger partial charge in [0.2, 0.25) is 0 Å². The molecule has 2 heterocycles. The summed E-state index contributed by atoms with van der Waals surface area (Å²) in [5.74, 6) is 0.919. The quantitative estimate of drug-likeness (QED) is 0.766. The van der Waals surface area contributed by atoms with Crippen LogP contribution in [0.3, 0.4) is 0 Å². The number of nitrogens with one attached hydrogen (secondary N) is 1. The summed E-state index contributed by atoms with van der Waals surface area (Å²) in [5.41, 5.74) is 3.48. The van der Waals surface area contributed by atoms with Crippen LogP contribution in [0.2, 0.25) is 0 Å².